The van der Waals surface area contributed by atoms with Crippen molar-refractivity contribution in [3.05, 3.63) is 35.6 Å². The summed E-state index contributed by atoms with van der Waals surface area (Å²) < 4.78 is 18.7. The number of urea groups is 1. The van der Waals surface area contributed by atoms with Crippen LogP contribution in [0, 0.1) is 17.2 Å². The Labute approximate surface area is 148 Å². The molecular formula is C19H28FN3O2. The number of benzene rings is 1. The van der Waals surface area contributed by atoms with Gasteiger partial charge in [0.15, 0.2) is 0 Å². The number of rotatable bonds is 6. The van der Waals surface area contributed by atoms with E-state index in [9.17, 15) is 9.18 Å². The van der Waals surface area contributed by atoms with Crippen LogP contribution in [0.3, 0.4) is 0 Å². The van der Waals surface area contributed by atoms with Gasteiger partial charge in [-0.2, -0.15) is 0 Å². The van der Waals surface area contributed by atoms with Crippen LogP contribution in [0.15, 0.2) is 24.3 Å². The Balaban J connectivity index is 1.37. The fraction of sp³-hybridized carbons (Fsp3) is 0.632. The molecule has 3 rings (SSSR count). The molecule has 5 nitrogen and oxygen atoms in total. The van der Waals surface area contributed by atoms with E-state index in [0.717, 1.165) is 31.7 Å². The topological polar surface area (TPSA) is 53.6 Å². The van der Waals surface area contributed by atoms with E-state index in [2.05, 4.69) is 29.4 Å². The Morgan fingerprint density at radius 1 is 1.36 bits per heavy atom. The van der Waals surface area contributed by atoms with E-state index in [1.807, 2.05) is 7.05 Å². The molecule has 0 radical (unpaired) electrons. The summed E-state index contributed by atoms with van der Waals surface area (Å²) in [6.07, 6.45) is 1.30. The van der Waals surface area contributed by atoms with Crippen LogP contribution in [0.1, 0.15) is 25.8 Å². The number of carbonyl (C=O) groups is 1. The van der Waals surface area contributed by atoms with Crippen molar-refractivity contribution < 1.29 is 13.9 Å². The Hall–Kier alpha value is -1.66. The van der Waals surface area contributed by atoms with E-state index in [1.165, 1.54) is 12.1 Å². The number of nitrogens with one attached hydrogen (secondary N) is 2. The van der Waals surface area contributed by atoms with Gasteiger partial charge in [-0.15, -0.1) is 0 Å². The second-order valence-electron chi connectivity index (χ2n) is 7.81. The van der Waals surface area contributed by atoms with Crippen LogP contribution in [0.4, 0.5) is 9.18 Å². The second kappa shape index (κ2) is 7.30. The first kappa shape index (κ1) is 18.1. The van der Waals surface area contributed by atoms with Gasteiger partial charge in [-0.25, -0.2) is 9.18 Å². The van der Waals surface area contributed by atoms with Crippen molar-refractivity contribution >= 4 is 6.03 Å². The average Bonchev–Trinajstić information content (AvgIpc) is 3.02. The molecule has 1 saturated heterocycles. The highest BCUT2D eigenvalue weighted by Gasteiger charge is 2.59. The number of carbonyl (C=O) groups excluding carboxylic acids is 1. The van der Waals surface area contributed by atoms with Gasteiger partial charge in [-0.05, 0) is 31.2 Å². The molecule has 2 amide bonds. The maximum atomic E-state index is 12.9. The number of hydrogen-bond donors (Lipinski definition) is 2. The third kappa shape index (κ3) is 3.96. The minimum absolute atomic E-state index is 0.00210. The van der Waals surface area contributed by atoms with Crippen LogP contribution in [0.25, 0.3) is 0 Å². The third-order valence-corrected chi connectivity index (χ3v) is 5.53. The van der Waals surface area contributed by atoms with Crippen molar-refractivity contribution in [2.75, 3.05) is 26.7 Å². The molecule has 1 aromatic carbocycles. The molecular weight excluding hydrogens is 321 g/mol. The van der Waals surface area contributed by atoms with E-state index >= 15 is 0 Å². The molecule has 25 heavy (non-hydrogen) atoms. The zero-order valence-electron chi connectivity index (χ0n) is 15.2. The smallest absolute Gasteiger partial charge is 0.315 e. The Morgan fingerprint density at radius 3 is 2.80 bits per heavy atom. The van der Waals surface area contributed by atoms with Gasteiger partial charge in [0.1, 0.15) is 5.82 Å². The van der Waals surface area contributed by atoms with E-state index in [4.69, 9.17) is 4.74 Å². The lowest BCUT2D eigenvalue weighted by Gasteiger charge is -2.54. The summed E-state index contributed by atoms with van der Waals surface area (Å²) >= 11 is 0. The molecule has 1 heterocycles. The van der Waals surface area contributed by atoms with Crippen molar-refractivity contribution in [3.8, 4) is 0 Å². The molecule has 2 aliphatic rings. The molecule has 1 saturated carbocycles. The lowest BCUT2D eigenvalue weighted by atomic mass is 9.57. The van der Waals surface area contributed by atoms with Gasteiger partial charge in [0.25, 0.3) is 0 Å². The van der Waals surface area contributed by atoms with Crippen LogP contribution in [0.5, 0.6) is 0 Å². The van der Waals surface area contributed by atoms with Crippen molar-refractivity contribution in [2.24, 2.45) is 11.3 Å². The normalized spacial score (nSPS) is 26.8. The Bertz CT molecular complexity index is 605. The molecule has 0 unspecified atom stereocenters. The number of fused-ring (bicyclic) bond motifs is 1. The highest BCUT2D eigenvalue weighted by molar-refractivity contribution is 5.74. The van der Waals surface area contributed by atoms with E-state index in [-0.39, 0.29) is 29.4 Å². The number of halogens is 1. The maximum absolute atomic E-state index is 12.9. The number of hydrogen-bond acceptors (Lipinski definition) is 3. The van der Waals surface area contributed by atoms with Gasteiger partial charge in [0, 0.05) is 43.6 Å². The second-order valence-corrected chi connectivity index (χ2v) is 7.81. The summed E-state index contributed by atoms with van der Waals surface area (Å²) in [6, 6.07) is 6.57. The molecule has 3 atom stereocenters. The number of likely N-dealkylation sites (N-methyl/N-ethyl adjacent to an activating group) is 1. The van der Waals surface area contributed by atoms with E-state index < -0.39 is 0 Å². The molecule has 1 aliphatic carbocycles. The van der Waals surface area contributed by atoms with Crippen LogP contribution >= 0.6 is 0 Å². The van der Waals surface area contributed by atoms with Crippen molar-refractivity contribution in [1.82, 2.24) is 15.5 Å². The number of nitrogens with zero attached hydrogens (tertiary/aromatic N) is 1. The minimum Gasteiger partial charge on any atom is -0.377 e. The van der Waals surface area contributed by atoms with Gasteiger partial charge in [0.2, 0.25) is 0 Å². The first-order chi connectivity index (χ1) is 11.9. The van der Waals surface area contributed by atoms with Crippen molar-refractivity contribution in [3.63, 3.8) is 0 Å². The van der Waals surface area contributed by atoms with Gasteiger partial charge in [0.05, 0.1) is 6.10 Å². The molecule has 2 fully saturated rings. The summed E-state index contributed by atoms with van der Waals surface area (Å²) in [6.45, 7) is 7.13. The van der Waals surface area contributed by atoms with Gasteiger partial charge < -0.3 is 20.3 Å². The molecule has 1 aromatic rings. The van der Waals surface area contributed by atoms with Crippen molar-refractivity contribution in [2.45, 2.75) is 39.0 Å². The molecule has 0 bridgehead atoms. The SMILES string of the molecule is CN(CCNC(=O)N[C@@H]1[C@@H]2CCO[C@H]2C1(C)C)Cc1ccc(F)cc1. The van der Waals surface area contributed by atoms with Gasteiger partial charge >= 0.3 is 6.03 Å². The third-order valence-electron chi connectivity index (χ3n) is 5.53. The quantitative estimate of drug-likeness (QED) is 0.829. The minimum atomic E-state index is -0.224. The maximum Gasteiger partial charge on any atom is 0.315 e. The average molecular weight is 349 g/mol. The molecule has 1 aliphatic heterocycles. The molecule has 0 aromatic heterocycles. The van der Waals surface area contributed by atoms with Crippen LogP contribution < -0.4 is 10.6 Å². The van der Waals surface area contributed by atoms with E-state index in [1.54, 1.807) is 12.1 Å². The number of amides is 2. The van der Waals surface area contributed by atoms with Gasteiger partial charge in [-0.3, -0.25) is 0 Å². The lowest BCUT2D eigenvalue weighted by Crippen LogP contribution is -2.67. The molecule has 138 valence electrons. The van der Waals surface area contributed by atoms with Crippen molar-refractivity contribution in [1.29, 1.82) is 0 Å². The number of ether oxygens (including phenoxy) is 1. The Kier molecular flexibility index (Phi) is 5.29. The monoisotopic (exact) mass is 349 g/mol. The lowest BCUT2D eigenvalue weighted by molar-refractivity contribution is -0.108. The summed E-state index contributed by atoms with van der Waals surface area (Å²) in [7, 11) is 1.98. The first-order valence-electron chi connectivity index (χ1n) is 8.97. The molecule has 0 spiro atoms. The van der Waals surface area contributed by atoms with Crippen LogP contribution in [-0.4, -0.2) is 49.8 Å². The molecule has 2 N–H and O–H groups in total. The largest absolute Gasteiger partial charge is 0.377 e. The van der Waals surface area contributed by atoms with Crippen LogP contribution in [-0.2, 0) is 11.3 Å². The predicted molar refractivity (Wildman–Crippen MR) is 94.7 cm³/mol. The summed E-state index contributed by atoms with van der Waals surface area (Å²) in [4.78, 5) is 14.3. The molecule has 6 heteroatoms. The summed E-state index contributed by atoms with van der Waals surface area (Å²) in [5.41, 5.74) is 1.05. The van der Waals surface area contributed by atoms with E-state index in [0.29, 0.717) is 12.5 Å². The van der Waals surface area contributed by atoms with Gasteiger partial charge in [-0.1, -0.05) is 26.0 Å². The fourth-order valence-corrected chi connectivity index (χ4v) is 4.15. The summed E-state index contributed by atoms with van der Waals surface area (Å²) in [5, 5.41) is 6.05. The highest BCUT2D eigenvalue weighted by atomic mass is 19.1. The highest BCUT2D eigenvalue weighted by Crippen LogP contribution is 2.51. The first-order valence-corrected chi connectivity index (χ1v) is 8.97. The predicted octanol–water partition coefficient (Wildman–Crippen LogP) is 2.37. The zero-order chi connectivity index (χ0) is 18.0. The van der Waals surface area contributed by atoms with Crippen LogP contribution in [0.2, 0.25) is 0 Å². The zero-order valence-corrected chi connectivity index (χ0v) is 15.2. The summed E-state index contributed by atoms with van der Waals surface area (Å²) in [5.74, 6) is 0.223. The fourth-order valence-electron chi connectivity index (χ4n) is 4.15. The standard InChI is InChI=1S/C19H28FN3O2/c1-19(2)16(15-8-11-25-17(15)19)22-18(24)21-9-10-23(3)12-13-4-6-14(20)7-5-13/h4-7,15-17H,8-12H2,1-3H3,(H2,21,22,24)/t15-,16+,17+/m0/s1. The Morgan fingerprint density at radius 2 is 2.08 bits per heavy atom.